The zero-order chi connectivity index (χ0) is 48.8. The molecule has 2 saturated heterocycles. The van der Waals surface area contributed by atoms with Crippen LogP contribution in [0.3, 0.4) is 0 Å². The van der Waals surface area contributed by atoms with Gasteiger partial charge in [-0.25, -0.2) is 34.1 Å². The Labute approximate surface area is 388 Å². The molecular weight excluding hydrogens is 853 g/mol. The number of anilines is 1. The van der Waals surface area contributed by atoms with E-state index >= 15 is 0 Å². The quantitative estimate of drug-likeness (QED) is 0.0940. The summed E-state index contributed by atoms with van der Waals surface area (Å²) in [6.45, 7) is 25.9. The predicted molar refractivity (Wildman–Crippen MR) is 246 cm³/mol. The van der Waals surface area contributed by atoms with Crippen molar-refractivity contribution >= 4 is 41.2 Å². The molecular formula is C47H72N8O11. The van der Waals surface area contributed by atoms with E-state index in [1.807, 2.05) is 52.8 Å². The number of carbonyl (C=O) groups is 4. The number of ether oxygens (including phenoxy) is 7. The van der Waals surface area contributed by atoms with Crippen molar-refractivity contribution in [1.29, 1.82) is 0 Å². The maximum Gasteiger partial charge on any atom is 0.413 e. The van der Waals surface area contributed by atoms with Gasteiger partial charge in [-0.2, -0.15) is 0 Å². The highest BCUT2D eigenvalue weighted by Gasteiger charge is 2.56. The number of amides is 3. The third kappa shape index (κ3) is 16.0. The van der Waals surface area contributed by atoms with E-state index in [0.717, 1.165) is 5.56 Å². The minimum absolute atomic E-state index is 0.145. The maximum atomic E-state index is 13.7. The number of benzene rings is 1. The Balaban J connectivity index is 1.45. The fourth-order valence-electron chi connectivity index (χ4n) is 7.58. The number of imidazole rings is 1. The number of carbonyl (C=O) groups excluding carboxylic acids is 4. The lowest BCUT2D eigenvalue weighted by molar-refractivity contribution is -0.198. The number of esters is 1. The summed E-state index contributed by atoms with van der Waals surface area (Å²) in [5.74, 6) is -1.42. The first-order valence-electron chi connectivity index (χ1n) is 22.7. The van der Waals surface area contributed by atoms with Crippen molar-refractivity contribution in [2.75, 3.05) is 25.0 Å². The maximum absolute atomic E-state index is 13.7. The number of rotatable bonds is 16. The molecule has 2 aliphatic heterocycles. The molecule has 3 aromatic rings. The van der Waals surface area contributed by atoms with E-state index < -0.39 is 83.0 Å². The van der Waals surface area contributed by atoms with Crippen molar-refractivity contribution < 1.29 is 52.3 Å². The molecule has 366 valence electrons. The van der Waals surface area contributed by atoms with Gasteiger partial charge in [0.15, 0.2) is 29.0 Å². The summed E-state index contributed by atoms with van der Waals surface area (Å²) in [7, 11) is 0. The van der Waals surface area contributed by atoms with Gasteiger partial charge >= 0.3 is 24.2 Å². The number of aromatic nitrogens is 4. The molecule has 0 radical (unpaired) electrons. The molecule has 66 heavy (non-hydrogen) atoms. The number of nitrogens with zero attached hydrogens (tertiary/aromatic N) is 5. The van der Waals surface area contributed by atoms with Gasteiger partial charge in [0.25, 0.3) is 0 Å². The summed E-state index contributed by atoms with van der Waals surface area (Å²) in [5, 5.41) is 8.52. The molecule has 0 spiro atoms. The minimum Gasteiger partial charge on any atom is -0.458 e. The van der Waals surface area contributed by atoms with Crippen molar-refractivity contribution in [2.45, 2.75) is 187 Å². The lowest BCUT2D eigenvalue weighted by Gasteiger charge is -2.32. The third-order valence-electron chi connectivity index (χ3n) is 10.1. The number of nitrogens with one attached hydrogen (secondary N) is 3. The topological polar surface area (TPSA) is 216 Å². The smallest absolute Gasteiger partial charge is 0.413 e. The molecule has 3 N–H and O–H groups in total. The van der Waals surface area contributed by atoms with Gasteiger partial charge in [0.05, 0.1) is 6.33 Å². The van der Waals surface area contributed by atoms with Crippen LogP contribution in [-0.4, -0.2) is 127 Å². The molecule has 1 aromatic carbocycles. The van der Waals surface area contributed by atoms with E-state index in [9.17, 15) is 19.2 Å². The highest BCUT2D eigenvalue weighted by molar-refractivity contribution is 5.93. The van der Waals surface area contributed by atoms with Crippen molar-refractivity contribution in [2.24, 2.45) is 0 Å². The highest BCUT2D eigenvalue weighted by Crippen LogP contribution is 2.44. The second kappa shape index (κ2) is 20.8. The zero-order valence-corrected chi connectivity index (χ0v) is 41.2. The van der Waals surface area contributed by atoms with Gasteiger partial charge in [0.2, 0.25) is 0 Å². The lowest BCUT2D eigenvalue weighted by atomic mass is 10.0. The Bertz CT molecular complexity index is 2120. The Morgan fingerprint density at radius 1 is 0.727 bits per heavy atom. The molecule has 2 aliphatic rings. The first kappa shape index (κ1) is 51.9. The number of hydrogen-bond acceptors (Lipinski definition) is 15. The van der Waals surface area contributed by atoms with Gasteiger partial charge < -0.3 is 48.7 Å². The van der Waals surface area contributed by atoms with Crippen LogP contribution in [0.1, 0.15) is 128 Å². The van der Waals surface area contributed by atoms with Gasteiger partial charge in [-0.1, -0.05) is 30.3 Å². The Morgan fingerprint density at radius 2 is 1.30 bits per heavy atom. The first-order chi connectivity index (χ1) is 30.5. The third-order valence-corrected chi connectivity index (χ3v) is 10.1. The van der Waals surface area contributed by atoms with E-state index in [1.54, 1.807) is 73.2 Å². The molecule has 0 saturated carbocycles. The standard InChI is InChI=1S/C47H72N8O11/c1-43(2,3)63-39(56)31(52-41(58)65-45(7,8)9)23-25-54(24-22-30(51-40(57)64-44(4,5)6)21-20-29-18-16-15-17-19-29)26-32-34-35(62-47(13,14)61-34)38(60-32)55-28-50-33-36(48-27-49-37(33)55)53-42(59)66-46(10,11)12/h15-19,27-28,30-32,34-35,38H,20-26H2,1-14H3,(H,51,57)(H,52,58)(H,48,49,53,59)/t30?,31-,32+,34+,35+,38+/m0/s1. The van der Waals surface area contributed by atoms with Gasteiger partial charge in [0.1, 0.15) is 53.1 Å². The molecule has 1 unspecified atom stereocenters. The van der Waals surface area contributed by atoms with Crippen LogP contribution in [0, 0.1) is 0 Å². The zero-order valence-electron chi connectivity index (χ0n) is 41.2. The van der Waals surface area contributed by atoms with Crippen molar-refractivity contribution in [3.05, 3.63) is 48.5 Å². The van der Waals surface area contributed by atoms with Gasteiger partial charge in [-0.15, -0.1) is 0 Å². The van der Waals surface area contributed by atoms with Crippen LogP contribution in [0.5, 0.6) is 0 Å². The van der Waals surface area contributed by atoms with Crippen LogP contribution in [0.2, 0.25) is 0 Å². The average molecular weight is 925 g/mol. The molecule has 19 nitrogen and oxygen atoms in total. The first-order valence-corrected chi connectivity index (χ1v) is 22.7. The average Bonchev–Trinajstić information content (AvgIpc) is 3.82. The Hall–Kier alpha value is -5.11. The monoisotopic (exact) mass is 925 g/mol. The predicted octanol–water partition coefficient (Wildman–Crippen LogP) is 7.43. The van der Waals surface area contributed by atoms with Gasteiger partial charge in [-0.05, 0) is 128 Å². The molecule has 2 fully saturated rings. The molecule has 4 heterocycles. The van der Waals surface area contributed by atoms with E-state index in [1.165, 1.54) is 6.33 Å². The highest BCUT2D eigenvalue weighted by atomic mass is 16.8. The molecule has 3 amide bonds. The SMILES string of the molecule is CC(C)(C)OC(=O)Nc1ncnc2c1ncn2[C@@H]1O[C@H](CN(CCC(CCc2ccccc2)NC(=O)OC(C)(C)C)CC[C@H](NC(=O)OC(C)(C)C)C(=O)OC(C)(C)C)[C@H]2OC(C)(C)O[C@H]21. The second-order valence-corrected chi connectivity index (χ2v) is 21.3. The van der Waals surface area contributed by atoms with Gasteiger partial charge in [-0.3, -0.25) is 9.88 Å². The molecule has 0 bridgehead atoms. The summed E-state index contributed by atoms with van der Waals surface area (Å²) >= 11 is 0. The van der Waals surface area contributed by atoms with Crippen LogP contribution >= 0.6 is 0 Å². The summed E-state index contributed by atoms with van der Waals surface area (Å²) in [5.41, 5.74) is -1.25. The van der Waals surface area contributed by atoms with Crippen LogP contribution in [0.15, 0.2) is 43.0 Å². The Kier molecular flexibility index (Phi) is 16.4. The molecule has 6 atom stereocenters. The lowest BCUT2D eigenvalue weighted by Crippen LogP contribution is -2.49. The largest absolute Gasteiger partial charge is 0.458 e. The fourth-order valence-corrected chi connectivity index (χ4v) is 7.58. The summed E-state index contributed by atoms with van der Waals surface area (Å²) in [6, 6.07) is 8.66. The molecule has 0 aliphatic carbocycles. The van der Waals surface area contributed by atoms with Crippen LogP contribution < -0.4 is 16.0 Å². The van der Waals surface area contributed by atoms with Crippen molar-refractivity contribution in [1.82, 2.24) is 35.1 Å². The molecule has 19 heteroatoms. The van der Waals surface area contributed by atoms with Crippen molar-refractivity contribution in [3.63, 3.8) is 0 Å². The number of alkyl carbamates (subject to hydrolysis) is 2. The number of hydrogen-bond donors (Lipinski definition) is 3. The number of aryl methyl sites for hydroxylation is 1. The van der Waals surface area contributed by atoms with Crippen molar-refractivity contribution in [3.8, 4) is 0 Å². The van der Waals surface area contributed by atoms with E-state index in [-0.39, 0.29) is 31.4 Å². The molecule has 2 aromatic heterocycles. The normalized spacial score (nSPS) is 20.6. The minimum atomic E-state index is -1.06. The van der Waals surface area contributed by atoms with E-state index in [4.69, 9.17) is 33.2 Å². The van der Waals surface area contributed by atoms with E-state index in [2.05, 4.69) is 47.9 Å². The number of fused-ring (bicyclic) bond motifs is 2. The van der Waals surface area contributed by atoms with Crippen LogP contribution in [0.4, 0.5) is 20.2 Å². The van der Waals surface area contributed by atoms with Crippen LogP contribution in [-0.2, 0) is 44.4 Å². The summed E-state index contributed by atoms with van der Waals surface area (Å²) < 4.78 is 44.1. The van der Waals surface area contributed by atoms with Gasteiger partial charge in [0, 0.05) is 25.7 Å². The summed E-state index contributed by atoms with van der Waals surface area (Å²) in [6.07, 6.45) is 0.324. The Morgan fingerprint density at radius 3 is 1.92 bits per heavy atom. The fraction of sp³-hybridized carbons (Fsp3) is 0.681. The second-order valence-electron chi connectivity index (χ2n) is 21.3. The molecule has 5 rings (SSSR count). The summed E-state index contributed by atoms with van der Waals surface area (Å²) in [4.78, 5) is 68.2. The van der Waals surface area contributed by atoms with E-state index in [0.29, 0.717) is 37.0 Å². The van der Waals surface area contributed by atoms with Crippen LogP contribution in [0.25, 0.3) is 11.2 Å².